The van der Waals surface area contributed by atoms with Crippen molar-refractivity contribution in [1.82, 2.24) is 19.5 Å². The van der Waals surface area contributed by atoms with Gasteiger partial charge >= 0.3 is 0 Å². The maximum absolute atomic E-state index is 6.41. The van der Waals surface area contributed by atoms with E-state index in [1.807, 2.05) is 54.6 Å². The molecule has 0 aliphatic rings. The molecule has 2 aromatic heterocycles. The Morgan fingerprint density at radius 2 is 0.937 bits per heavy atom. The molecule has 0 fully saturated rings. The molecule has 1 atom stereocenters. The Morgan fingerprint density at radius 1 is 0.418 bits per heavy atom. The molecule has 0 spiro atoms. The van der Waals surface area contributed by atoms with Crippen molar-refractivity contribution in [2.45, 2.75) is 150 Å². The van der Waals surface area contributed by atoms with Crippen LogP contribution in [0.1, 0.15) is 144 Å². The van der Waals surface area contributed by atoms with Crippen molar-refractivity contribution in [2.75, 3.05) is 13.2 Å². The van der Waals surface area contributed by atoms with Crippen molar-refractivity contribution in [2.24, 2.45) is 5.92 Å². The fourth-order valence-electron chi connectivity index (χ4n) is 11.5. The highest BCUT2D eigenvalue weighted by atomic mass is 16.5. The van der Waals surface area contributed by atoms with Gasteiger partial charge in [-0.05, 0) is 111 Å². The molecule has 8 aromatic carbocycles. The highest BCUT2D eigenvalue weighted by Crippen LogP contribution is 2.42. The van der Waals surface area contributed by atoms with Gasteiger partial charge in [0.15, 0.2) is 0 Å². The molecule has 1 unspecified atom stereocenters. The third kappa shape index (κ3) is 12.9. The molecule has 6 nitrogen and oxygen atoms in total. The largest absolute Gasteiger partial charge is 0.490 e. The maximum atomic E-state index is 6.41. The molecule has 6 heteroatoms. The SMILES string of the molecule is CCCCCCCCC(CCCCCC)Cn1c(-c2ccc(OCCOc3ccc4nc(-c5ccccc5)c(-c5ccccc5)nc4c3)cc2)nc2c3cc(-c4ccc(C(C)(C)C)cc4)ccc3c3ccc(C(C)(C)C)cc3c21. The minimum atomic E-state index is -0.0172. The van der Waals surface area contributed by atoms with Gasteiger partial charge < -0.3 is 14.0 Å². The second kappa shape index (κ2) is 24.8. The number of benzene rings is 8. The van der Waals surface area contributed by atoms with Gasteiger partial charge in [-0.3, -0.25) is 0 Å². The number of aromatic nitrogens is 4. The van der Waals surface area contributed by atoms with Crippen LogP contribution in [0.15, 0.2) is 164 Å². The first-order chi connectivity index (χ1) is 38.4. The third-order valence-electron chi connectivity index (χ3n) is 16.1. The molecule has 10 aromatic rings. The molecule has 0 aliphatic carbocycles. The molecule has 0 N–H and O–H groups in total. The van der Waals surface area contributed by atoms with Crippen LogP contribution in [0.5, 0.6) is 11.5 Å². The molecule has 406 valence electrons. The van der Waals surface area contributed by atoms with Crippen molar-refractivity contribution in [3.63, 3.8) is 0 Å². The van der Waals surface area contributed by atoms with Gasteiger partial charge in [0, 0.05) is 40.1 Å². The average Bonchev–Trinajstić information content (AvgIpc) is 3.93. The second-order valence-electron chi connectivity index (χ2n) is 24.1. The van der Waals surface area contributed by atoms with E-state index in [-0.39, 0.29) is 10.8 Å². The summed E-state index contributed by atoms with van der Waals surface area (Å²) in [6.45, 7) is 20.2. The molecule has 0 bridgehead atoms. The summed E-state index contributed by atoms with van der Waals surface area (Å²) in [6, 6.07) is 58.6. The van der Waals surface area contributed by atoms with E-state index in [1.54, 1.807) is 0 Å². The van der Waals surface area contributed by atoms with Crippen molar-refractivity contribution < 1.29 is 9.47 Å². The van der Waals surface area contributed by atoms with Crippen LogP contribution in [0, 0.1) is 5.92 Å². The van der Waals surface area contributed by atoms with Crippen LogP contribution in [0.2, 0.25) is 0 Å². The lowest BCUT2D eigenvalue weighted by Gasteiger charge is -2.22. The first-order valence-corrected chi connectivity index (χ1v) is 29.7. The third-order valence-corrected chi connectivity index (χ3v) is 16.1. The molecular formula is C73H82N4O2. The summed E-state index contributed by atoms with van der Waals surface area (Å²) in [7, 11) is 0. The van der Waals surface area contributed by atoms with Crippen molar-refractivity contribution >= 4 is 43.6 Å². The van der Waals surface area contributed by atoms with Gasteiger partial charge in [-0.1, -0.05) is 229 Å². The fraction of sp³-hybridized carbons (Fsp3) is 0.356. The van der Waals surface area contributed by atoms with Crippen molar-refractivity contribution in [1.29, 1.82) is 0 Å². The van der Waals surface area contributed by atoms with Crippen LogP contribution >= 0.6 is 0 Å². The summed E-state index contributed by atoms with van der Waals surface area (Å²) >= 11 is 0. The van der Waals surface area contributed by atoms with Crippen LogP contribution in [-0.4, -0.2) is 32.7 Å². The lowest BCUT2D eigenvalue weighted by atomic mass is 9.84. The number of hydrogen-bond donors (Lipinski definition) is 0. The molecule has 79 heavy (non-hydrogen) atoms. The average molecular weight is 1050 g/mol. The van der Waals surface area contributed by atoms with Crippen LogP contribution in [0.25, 0.3) is 88.6 Å². The molecule has 0 saturated heterocycles. The number of imidazole rings is 1. The van der Waals surface area contributed by atoms with E-state index in [2.05, 4.69) is 169 Å². The summed E-state index contributed by atoms with van der Waals surface area (Å²) in [5, 5.41) is 5.01. The Kier molecular flexibility index (Phi) is 17.3. The van der Waals surface area contributed by atoms with Crippen LogP contribution in [-0.2, 0) is 17.4 Å². The summed E-state index contributed by atoms with van der Waals surface area (Å²) in [6.07, 6.45) is 15.4. The molecule has 0 radical (unpaired) electrons. The number of hydrogen-bond acceptors (Lipinski definition) is 5. The first-order valence-electron chi connectivity index (χ1n) is 29.7. The number of unbranched alkanes of at least 4 members (excludes halogenated alkanes) is 8. The summed E-state index contributed by atoms with van der Waals surface area (Å²) in [4.78, 5) is 16.1. The number of fused-ring (bicyclic) bond motifs is 7. The molecular weight excluding hydrogens is 965 g/mol. The number of ether oxygens (including phenoxy) is 2. The predicted octanol–water partition coefficient (Wildman–Crippen LogP) is 20.3. The van der Waals surface area contributed by atoms with E-state index < -0.39 is 0 Å². The van der Waals surface area contributed by atoms with Gasteiger partial charge in [0.1, 0.15) is 30.5 Å². The van der Waals surface area contributed by atoms with Gasteiger partial charge in [-0.2, -0.15) is 0 Å². The predicted molar refractivity (Wildman–Crippen MR) is 335 cm³/mol. The van der Waals surface area contributed by atoms with E-state index in [4.69, 9.17) is 24.4 Å². The molecule has 0 amide bonds. The minimum absolute atomic E-state index is 0.0172. The zero-order valence-corrected chi connectivity index (χ0v) is 48.4. The highest BCUT2D eigenvalue weighted by molar-refractivity contribution is 6.24. The Balaban J connectivity index is 0.983. The molecule has 0 saturated carbocycles. The highest BCUT2D eigenvalue weighted by Gasteiger charge is 2.25. The van der Waals surface area contributed by atoms with Crippen molar-refractivity contribution in [3.8, 4) is 56.5 Å². The zero-order chi connectivity index (χ0) is 54.9. The van der Waals surface area contributed by atoms with Gasteiger partial charge in [0.05, 0.1) is 33.5 Å². The zero-order valence-electron chi connectivity index (χ0n) is 48.4. The Morgan fingerprint density at radius 3 is 1.57 bits per heavy atom. The van der Waals surface area contributed by atoms with Gasteiger partial charge in [0.2, 0.25) is 0 Å². The normalized spacial score (nSPS) is 12.5. The minimum Gasteiger partial charge on any atom is -0.490 e. The van der Waals surface area contributed by atoms with Gasteiger partial charge in [-0.15, -0.1) is 0 Å². The smallest absolute Gasteiger partial charge is 0.141 e. The Bertz CT molecular complexity index is 3620. The van der Waals surface area contributed by atoms with Gasteiger partial charge in [-0.25, -0.2) is 15.0 Å². The van der Waals surface area contributed by atoms with Crippen LogP contribution in [0.4, 0.5) is 0 Å². The maximum Gasteiger partial charge on any atom is 0.141 e. The molecule has 0 aliphatic heterocycles. The standard InChI is InChI=1S/C73H82N4O2/c1-9-11-13-15-16-20-26-51(25-19-14-12-10-2)50-77-70-64-48-58(73(6,7)8)38-43-62(64)61-42-35-56(52-31-36-57(37-32-52)72(3,4)5)47-63(61)69(70)76-71(77)55-33-39-59(40-34-55)78-45-46-79-60-41-44-65-66(49-60)75-68(54-29-23-18-24-30-54)67(74-65)53-27-21-17-22-28-53/h17-18,21-24,27-44,47-49,51H,9-16,19-20,25-26,45-46,50H2,1-8H3. The van der Waals surface area contributed by atoms with E-state index >= 15 is 0 Å². The van der Waals surface area contributed by atoms with E-state index in [9.17, 15) is 0 Å². The lowest BCUT2D eigenvalue weighted by molar-refractivity contribution is 0.217. The fourth-order valence-corrected chi connectivity index (χ4v) is 11.5. The lowest BCUT2D eigenvalue weighted by Crippen LogP contribution is -2.13. The molecule has 10 rings (SSSR count). The second-order valence-corrected chi connectivity index (χ2v) is 24.1. The number of nitrogens with zero attached hydrogens (tertiary/aromatic N) is 4. The molecule has 2 heterocycles. The van der Waals surface area contributed by atoms with E-state index in [0.717, 1.165) is 68.5 Å². The van der Waals surface area contributed by atoms with E-state index in [0.29, 0.717) is 19.1 Å². The van der Waals surface area contributed by atoms with Gasteiger partial charge in [0.25, 0.3) is 0 Å². The Hall–Kier alpha value is -7.31. The topological polar surface area (TPSA) is 62.1 Å². The quantitative estimate of drug-likeness (QED) is 0.0472. The van der Waals surface area contributed by atoms with Crippen LogP contribution < -0.4 is 9.47 Å². The Labute approximate surface area is 470 Å². The van der Waals surface area contributed by atoms with Crippen LogP contribution in [0.3, 0.4) is 0 Å². The summed E-state index contributed by atoms with van der Waals surface area (Å²) in [5.41, 5.74) is 13.9. The summed E-state index contributed by atoms with van der Waals surface area (Å²) < 4.78 is 15.4. The summed E-state index contributed by atoms with van der Waals surface area (Å²) in [5.74, 6) is 3.09. The monoisotopic (exact) mass is 1050 g/mol. The van der Waals surface area contributed by atoms with Crippen molar-refractivity contribution in [3.05, 3.63) is 175 Å². The van der Waals surface area contributed by atoms with E-state index in [1.165, 1.54) is 126 Å². The number of rotatable bonds is 23. The first kappa shape index (κ1) is 55.0.